The van der Waals surface area contributed by atoms with Gasteiger partial charge in [-0.2, -0.15) is 0 Å². The molecule has 2 rings (SSSR count). The Bertz CT molecular complexity index is 355. The SMILES string of the molecule is COc1cc2c(cc1O)CC[NH2+]C2C.[Cl-]. The number of methoxy groups -OCH3 is 1. The van der Waals surface area contributed by atoms with Crippen LogP contribution in [0.15, 0.2) is 12.1 Å². The van der Waals surface area contributed by atoms with Gasteiger partial charge < -0.3 is 27.6 Å². The summed E-state index contributed by atoms with van der Waals surface area (Å²) in [6.45, 7) is 3.27. The van der Waals surface area contributed by atoms with Crippen molar-refractivity contribution >= 4 is 0 Å². The lowest BCUT2D eigenvalue weighted by molar-refractivity contribution is -0.695. The second kappa shape index (κ2) is 4.73. The zero-order chi connectivity index (χ0) is 10.1. The zero-order valence-corrected chi connectivity index (χ0v) is 9.71. The quantitative estimate of drug-likeness (QED) is 0.564. The molecule has 1 aromatic carbocycles. The fourth-order valence-electron chi connectivity index (χ4n) is 2.05. The highest BCUT2D eigenvalue weighted by molar-refractivity contribution is 5.47. The van der Waals surface area contributed by atoms with Crippen LogP contribution >= 0.6 is 0 Å². The normalized spacial score (nSPS) is 18.9. The number of halogens is 1. The number of hydrogen-bond acceptors (Lipinski definition) is 2. The molecule has 15 heavy (non-hydrogen) atoms. The van der Waals surface area contributed by atoms with Crippen molar-refractivity contribution in [2.24, 2.45) is 0 Å². The van der Waals surface area contributed by atoms with Crippen molar-refractivity contribution in [3.63, 3.8) is 0 Å². The molecule has 1 atom stereocenters. The number of nitrogens with two attached hydrogens (primary N) is 1. The third-order valence-electron chi connectivity index (χ3n) is 2.87. The van der Waals surface area contributed by atoms with Crippen LogP contribution < -0.4 is 22.5 Å². The Hall–Kier alpha value is -0.930. The number of quaternary nitrogens is 1. The van der Waals surface area contributed by atoms with Gasteiger partial charge in [0.2, 0.25) is 0 Å². The first-order valence-electron chi connectivity index (χ1n) is 4.95. The topological polar surface area (TPSA) is 46.1 Å². The number of phenols is 1. The highest BCUT2D eigenvalue weighted by atomic mass is 35.5. The minimum atomic E-state index is 0. The Labute approximate surface area is 95.9 Å². The number of ether oxygens (including phenoxy) is 1. The van der Waals surface area contributed by atoms with E-state index < -0.39 is 0 Å². The molecule has 4 heteroatoms. The van der Waals surface area contributed by atoms with E-state index in [9.17, 15) is 5.11 Å². The molecule has 1 aliphatic rings. The maximum Gasteiger partial charge on any atom is 0.161 e. The van der Waals surface area contributed by atoms with E-state index in [1.165, 1.54) is 11.1 Å². The summed E-state index contributed by atoms with van der Waals surface area (Å²) in [5, 5.41) is 11.9. The smallest absolute Gasteiger partial charge is 0.161 e. The molecule has 1 unspecified atom stereocenters. The van der Waals surface area contributed by atoms with Crippen LogP contribution in [0.25, 0.3) is 0 Å². The highest BCUT2D eigenvalue weighted by Gasteiger charge is 2.21. The van der Waals surface area contributed by atoms with E-state index in [4.69, 9.17) is 4.74 Å². The Morgan fingerprint density at radius 2 is 2.20 bits per heavy atom. The van der Waals surface area contributed by atoms with Crippen LogP contribution in [0.4, 0.5) is 0 Å². The third-order valence-corrected chi connectivity index (χ3v) is 2.87. The van der Waals surface area contributed by atoms with Crippen molar-refractivity contribution in [1.82, 2.24) is 0 Å². The van der Waals surface area contributed by atoms with Crippen LogP contribution in [0.5, 0.6) is 11.5 Å². The van der Waals surface area contributed by atoms with E-state index in [2.05, 4.69) is 12.2 Å². The molecule has 0 amide bonds. The zero-order valence-electron chi connectivity index (χ0n) is 8.96. The summed E-state index contributed by atoms with van der Waals surface area (Å²) in [6.07, 6.45) is 1.03. The van der Waals surface area contributed by atoms with Crippen molar-refractivity contribution in [2.45, 2.75) is 19.4 Å². The minimum absolute atomic E-state index is 0. The number of phenolic OH excluding ortho intramolecular Hbond substituents is 1. The molecular weight excluding hydrogens is 214 g/mol. The molecule has 1 aromatic rings. The molecule has 3 nitrogen and oxygen atoms in total. The van der Waals surface area contributed by atoms with Crippen molar-refractivity contribution in [3.8, 4) is 11.5 Å². The van der Waals surface area contributed by atoms with Gasteiger partial charge in [-0.3, -0.25) is 0 Å². The lowest BCUT2D eigenvalue weighted by Gasteiger charge is -2.21. The molecule has 0 spiro atoms. The molecule has 0 saturated heterocycles. The fraction of sp³-hybridized carbons (Fsp3) is 0.455. The van der Waals surface area contributed by atoms with Gasteiger partial charge in [-0.15, -0.1) is 0 Å². The molecule has 3 N–H and O–H groups in total. The lowest BCUT2D eigenvalue weighted by Crippen LogP contribution is -3.00. The van der Waals surface area contributed by atoms with Crippen LogP contribution in [0, 0.1) is 0 Å². The Balaban J connectivity index is 0.00000112. The molecule has 0 aliphatic carbocycles. The fourth-order valence-corrected chi connectivity index (χ4v) is 2.05. The summed E-state index contributed by atoms with van der Waals surface area (Å²) >= 11 is 0. The predicted molar refractivity (Wildman–Crippen MR) is 53.6 cm³/mol. The van der Waals surface area contributed by atoms with Crippen LogP contribution in [0.1, 0.15) is 24.1 Å². The van der Waals surface area contributed by atoms with Gasteiger partial charge in [-0.1, -0.05) is 0 Å². The first-order valence-corrected chi connectivity index (χ1v) is 4.95. The maximum absolute atomic E-state index is 9.62. The molecule has 84 valence electrons. The van der Waals surface area contributed by atoms with Gasteiger partial charge in [0, 0.05) is 12.0 Å². The predicted octanol–water partition coefficient (Wildman–Crippen LogP) is -2.41. The summed E-state index contributed by atoms with van der Waals surface area (Å²) in [7, 11) is 1.58. The second-order valence-corrected chi connectivity index (χ2v) is 3.79. The number of rotatable bonds is 1. The largest absolute Gasteiger partial charge is 1.00 e. The Morgan fingerprint density at radius 1 is 1.47 bits per heavy atom. The number of fused-ring (bicyclic) bond motifs is 1. The Kier molecular flexibility index (Phi) is 3.83. The first kappa shape index (κ1) is 12.1. The van der Waals surface area contributed by atoms with Gasteiger partial charge in [-0.25, -0.2) is 0 Å². The van der Waals surface area contributed by atoms with Gasteiger partial charge in [0.15, 0.2) is 11.5 Å². The summed E-state index contributed by atoms with van der Waals surface area (Å²) in [5.41, 5.74) is 2.53. The average Bonchev–Trinajstić information content (AvgIpc) is 2.17. The van der Waals surface area contributed by atoms with Crippen LogP contribution in [-0.2, 0) is 6.42 Å². The number of benzene rings is 1. The average molecular weight is 230 g/mol. The van der Waals surface area contributed by atoms with Gasteiger partial charge >= 0.3 is 0 Å². The third kappa shape index (κ3) is 2.19. The molecule has 0 fully saturated rings. The number of aromatic hydroxyl groups is 1. The van der Waals surface area contributed by atoms with Crippen LogP contribution in [0.2, 0.25) is 0 Å². The van der Waals surface area contributed by atoms with E-state index in [0.29, 0.717) is 11.8 Å². The summed E-state index contributed by atoms with van der Waals surface area (Å²) < 4.78 is 5.10. The summed E-state index contributed by atoms with van der Waals surface area (Å²) in [6, 6.07) is 4.25. The minimum Gasteiger partial charge on any atom is -1.00 e. The van der Waals surface area contributed by atoms with E-state index in [0.717, 1.165) is 13.0 Å². The highest BCUT2D eigenvalue weighted by Crippen LogP contribution is 2.32. The lowest BCUT2D eigenvalue weighted by atomic mass is 9.95. The van der Waals surface area contributed by atoms with E-state index in [1.807, 2.05) is 12.1 Å². The molecule has 1 aliphatic heterocycles. The maximum atomic E-state index is 9.62. The molecule has 0 aromatic heterocycles. The van der Waals surface area contributed by atoms with Crippen molar-refractivity contribution in [1.29, 1.82) is 0 Å². The molecule has 0 saturated carbocycles. The second-order valence-electron chi connectivity index (χ2n) is 3.79. The van der Waals surface area contributed by atoms with Crippen LogP contribution in [-0.4, -0.2) is 18.8 Å². The summed E-state index contributed by atoms with van der Waals surface area (Å²) in [4.78, 5) is 0. The van der Waals surface area contributed by atoms with Gasteiger partial charge in [0.25, 0.3) is 0 Å². The van der Waals surface area contributed by atoms with Gasteiger partial charge in [0.05, 0.1) is 13.7 Å². The molecule has 0 radical (unpaired) electrons. The van der Waals surface area contributed by atoms with Gasteiger partial charge in [-0.05, 0) is 24.6 Å². The number of hydrogen-bond donors (Lipinski definition) is 2. The Morgan fingerprint density at radius 3 is 2.87 bits per heavy atom. The van der Waals surface area contributed by atoms with Crippen molar-refractivity contribution < 1.29 is 27.6 Å². The van der Waals surface area contributed by atoms with E-state index in [-0.39, 0.29) is 18.2 Å². The van der Waals surface area contributed by atoms with Crippen molar-refractivity contribution in [2.75, 3.05) is 13.7 Å². The molecular formula is C11H16ClNO2. The van der Waals surface area contributed by atoms with Crippen molar-refractivity contribution in [3.05, 3.63) is 23.3 Å². The first-order chi connectivity index (χ1) is 6.72. The van der Waals surface area contributed by atoms with E-state index >= 15 is 0 Å². The molecule has 0 bridgehead atoms. The monoisotopic (exact) mass is 229 g/mol. The van der Waals surface area contributed by atoms with Crippen LogP contribution in [0.3, 0.4) is 0 Å². The standard InChI is InChI=1S/C11H15NO2.ClH/c1-7-9-6-11(14-2)10(13)5-8(9)3-4-12-7;/h5-7,12-13H,3-4H2,1-2H3;1H. The molecule has 1 heterocycles. The summed E-state index contributed by atoms with van der Waals surface area (Å²) in [5.74, 6) is 0.825. The van der Waals surface area contributed by atoms with E-state index in [1.54, 1.807) is 7.11 Å². The van der Waals surface area contributed by atoms with Gasteiger partial charge in [0.1, 0.15) is 6.04 Å².